The zero-order valence-corrected chi connectivity index (χ0v) is 25.1. The first-order valence-electron chi connectivity index (χ1n) is 13.7. The summed E-state index contributed by atoms with van der Waals surface area (Å²) in [6.45, 7) is 10.1. The fourth-order valence-corrected chi connectivity index (χ4v) is 5.57. The Morgan fingerprint density at radius 3 is 2.60 bits per heavy atom. The number of benzene rings is 3. The number of carbonyl (C=O) groups excluding carboxylic acids is 1. The van der Waals surface area contributed by atoms with Gasteiger partial charge in [0.1, 0.15) is 29.5 Å². The lowest BCUT2D eigenvalue weighted by atomic mass is 9.94. The number of rotatable bonds is 13. The van der Waals surface area contributed by atoms with E-state index in [-0.39, 0.29) is 43.0 Å². The van der Waals surface area contributed by atoms with Gasteiger partial charge in [-0.3, -0.25) is 0 Å². The highest BCUT2D eigenvalue weighted by Gasteiger charge is 2.22. The molecule has 0 aliphatic carbocycles. The van der Waals surface area contributed by atoms with Crippen molar-refractivity contribution in [3.63, 3.8) is 0 Å². The summed E-state index contributed by atoms with van der Waals surface area (Å²) in [7, 11) is 1.49. The SMILES string of the molecule is C=Cc1c(NC)cc(F)c(Oc2ccc(F)c(-c3ncc(C(C)c4cccc(CCC=O)c4F)[nH]3)c2)c1CCP(C)C. The van der Waals surface area contributed by atoms with Crippen LogP contribution in [0.4, 0.5) is 18.9 Å². The van der Waals surface area contributed by atoms with Crippen LogP contribution in [0.1, 0.15) is 47.2 Å². The van der Waals surface area contributed by atoms with Crippen molar-refractivity contribution in [2.75, 3.05) is 31.9 Å². The summed E-state index contributed by atoms with van der Waals surface area (Å²) in [4.78, 5) is 18.2. The third-order valence-corrected chi connectivity index (χ3v) is 8.36. The highest BCUT2D eigenvalue weighted by Crippen LogP contribution is 2.39. The van der Waals surface area contributed by atoms with Crippen molar-refractivity contribution in [2.24, 2.45) is 0 Å². The van der Waals surface area contributed by atoms with E-state index in [1.165, 1.54) is 24.3 Å². The molecular formula is C33H35F3N3O2P. The summed E-state index contributed by atoms with van der Waals surface area (Å²) in [5, 5.41) is 3.02. The van der Waals surface area contributed by atoms with Gasteiger partial charge in [0.05, 0.1) is 5.56 Å². The van der Waals surface area contributed by atoms with Gasteiger partial charge in [-0.15, -0.1) is 7.92 Å². The molecular weight excluding hydrogens is 558 g/mol. The third kappa shape index (κ3) is 6.76. The van der Waals surface area contributed by atoms with Crippen LogP contribution in [-0.4, -0.2) is 42.8 Å². The predicted molar refractivity (Wildman–Crippen MR) is 166 cm³/mol. The Kier molecular flexibility index (Phi) is 10.2. The van der Waals surface area contributed by atoms with Gasteiger partial charge < -0.3 is 19.8 Å². The number of aldehydes is 1. The van der Waals surface area contributed by atoms with Crippen LogP contribution in [0.25, 0.3) is 17.5 Å². The summed E-state index contributed by atoms with van der Waals surface area (Å²) >= 11 is 0. The second kappa shape index (κ2) is 13.8. The number of aromatic nitrogens is 2. The summed E-state index contributed by atoms with van der Waals surface area (Å²) in [5.74, 6) is -1.30. The molecule has 5 nitrogen and oxygen atoms in total. The molecule has 0 aliphatic heterocycles. The maximum Gasteiger partial charge on any atom is 0.168 e. The van der Waals surface area contributed by atoms with E-state index in [0.29, 0.717) is 40.9 Å². The van der Waals surface area contributed by atoms with Crippen molar-refractivity contribution < 1.29 is 22.7 Å². The lowest BCUT2D eigenvalue weighted by Gasteiger charge is -2.19. The molecule has 0 saturated heterocycles. The minimum absolute atomic E-state index is 0.0806. The van der Waals surface area contributed by atoms with Crippen LogP contribution >= 0.6 is 7.92 Å². The molecule has 3 aromatic carbocycles. The van der Waals surface area contributed by atoms with Gasteiger partial charge >= 0.3 is 0 Å². The van der Waals surface area contributed by atoms with E-state index >= 15 is 13.2 Å². The number of aromatic amines is 1. The van der Waals surface area contributed by atoms with Gasteiger partial charge in [-0.05, 0) is 61.7 Å². The lowest BCUT2D eigenvalue weighted by molar-refractivity contribution is -0.107. The van der Waals surface area contributed by atoms with Crippen LogP contribution in [0.3, 0.4) is 0 Å². The highest BCUT2D eigenvalue weighted by molar-refractivity contribution is 7.55. The number of halogens is 3. The first-order valence-corrected chi connectivity index (χ1v) is 16.1. The second-order valence-electron chi connectivity index (χ2n) is 10.3. The number of anilines is 1. The maximum atomic E-state index is 15.4. The van der Waals surface area contributed by atoms with Crippen molar-refractivity contribution in [1.29, 1.82) is 0 Å². The van der Waals surface area contributed by atoms with Crippen LogP contribution in [0.5, 0.6) is 11.5 Å². The molecule has 1 aromatic heterocycles. The Bertz CT molecular complexity index is 1590. The Hall–Kier alpha value is -3.90. The topological polar surface area (TPSA) is 67.0 Å². The van der Waals surface area contributed by atoms with Gasteiger partial charge in [-0.2, -0.15) is 0 Å². The number of carbonyl (C=O) groups is 1. The first-order chi connectivity index (χ1) is 20.2. The number of H-pyrrole nitrogens is 1. The fraction of sp³-hybridized carbons (Fsp3) is 0.273. The molecule has 0 saturated carbocycles. The van der Waals surface area contributed by atoms with Gasteiger partial charge in [0.2, 0.25) is 0 Å². The first kappa shape index (κ1) is 31.0. The van der Waals surface area contributed by atoms with Crippen molar-refractivity contribution in [2.45, 2.75) is 32.1 Å². The third-order valence-electron chi connectivity index (χ3n) is 7.24. The number of hydrogen-bond acceptors (Lipinski definition) is 4. The number of aryl methyl sites for hydroxylation is 1. The van der Waals surface area contributed by atoms with E-state index in [0.717, 1.165) is 18.0 Å². The summed E-state index contributed by atoms with van der Waals surface area (Å²) in [6, 6.07) is 10.6. The predicted octanol–water partition coefficient (Wildman–Crippen LogP) is 8.54. The van der Waals surface area contributed by atoms with Crippen molar-refractivity contribution >= 4 is 26.0 Å². The fourth-order valence-electron chi connectivity index (χ4n) is 4.90. The number of imidazole rings is 1. The Balaban J connectivity index is 1.67. The van der Waals surface area contributed by atoms with E-state index < -0.39 is 17.6 Å². The minimum Gasteiger partial charge on any atom is -0.454 e. The molecule has 4 rings (SSSR count). The molecule has 0 amide bonds. The number of hydrogen-bond donors (Lipinski definition) is 2. The van der Waals surface area contributed by atoms with E-state index in [1.54, 1.807) is 37.5 Å². The monoisotopic (exact) mass is 593 g/mol. The highest BCUT2D eigenvalue weighted by atomic mass is 31.1. The minimum atomic E-state index is -0.543. The molecule has 1 unspecified atom stereocenters. The largest absolute Gasteiger partial charge is 0.454 e. The smallest absolute Gasteiger partial charge is 0.168 e. The van der Waals surface area contributed by atoms with Crippen LogP contribution in [0.15, 0.2) is 55.2 Å². The van der Waals surface area contributed by atoms with Gasteiger partial charge in [-0.1, -0.05) is 37.8 Å². The molecule has 4 aromatic rings. The van der Waals surface area contributed by atoms with Crippen molar-refractivity contribution in [3.8, 4) is 22.9 Å². The average Bonchev–Trinajstić information content (AvgIpc) is 3.47. The second-order valence-corrected chi connectivity index (χ2v) is 12.9. The molecule has 0 fully saturated rings. The maximum absolute atomic E-state index is 15.4. The van der Waals surface area contributed by atoms with Gasteiger partial charge in [-0.25, -0.2) is 18.2 Å². The van der Waals surface area contributed by atoms with Gasteiger partial charge in [0.15, 0.2) is 11.6 Å². The molecule has 0 radical (unpaired) electrons. The van der Waals surface area contributed by atoms with Gasteiger partial charge in [0, 0.05) is 54.2 Å². The normalized spacial score (nSPS) is 11.9. The van der Waals surface area contributed by atoms with Crippen molar-refractivity contribution in [1.82, 2.24) is 9.97 Å². The standard InChI is InChI=1S/C33H35F3N3O2P/c1-6-23-25(14-16-42(4)5)32(28(35)18-29(23)37-3)41-22-12-13-27(34)26(17-22)33-38-19-30(39-33)20(2)24-11-7-9-21(31(24)36)10-8-15-40/h6-7,9,11-13,15,17-20,37H,1,8,10,14,16H2,2-5H3,(H,38,39). The molecule has 9 heteroatoms. The van der Waals surface area contributed by atoms with Crippen LogP contribution < -0.4 is 10.1 Å². The molecule has 0 spiro atoms. The molecule has 220 valence electrons. The summed E-state index contributed by atoms with van der Waals surface area (Å²) in [5.41, 5.74) is 3.71. The van der Waals surface area contributed by atoms with Crippen LogP contribution in [0, 0.1) is 17.5 Å². The summed E-state index contributed by atoms with van der Waals surface area (Å²) < 4.78 is 51.7. The Morgan fingerprint density at radius 2 is 1.90 bits per heavy atom. The van der Waals surface area contributed by atoms with E-state index in [4.69, 9.17) is 4.74 Å². The molecule has 42 heavy (non-hydrogen) atoms. The molecule has 1 atom stereocenters. The summed E-state index contributed by atoms with van der Waals surface area (Å²) in [6.07, 6.45) is 6.02. The van der Waals surface area contributed by atoms with E-state index in [2.05, 4.69) is 35.2 Å². The van der Waals surface area contributed by atoms with E-state index in [9.17, 15) is 4.79 Å². The number of nitrogens with one attached hydrogen (secondary N) is 2. The zero-order chi connectivity index (χ0) is 30.4. The van der Waals surface area contributed by atoms with E-state index in [1.807, 2.05) is 6.92 Å². The lowest BCUT2D eigenvalue weighted by Crippen LogP contribution is -2.05. The van der Waals surface area contributed by atoms with Crippen molar-refractivity contribution in [3.05, 3.63) is 101 Å². The Labute approximate surface area is 246 Å². The van der Waals surface area contributed by atoms with Crippen LogP contribution in [0.2, 0.25) is 0 Å². The molecule has 0 aliphatic rings. The average molecular weight is 594 g/mol. The molecule has 2 N–H and O–H groups in total. The number of nitrogens with zero attached hydrogens (tertiary/aromatic N) is 1. The van der Waals surface area contributed by atoms with Gasteiger partial charge in [0.25, 0.3) is 0 Å². The molecule has 1 heterocycles. The number of ether oxygens (including phenoxy) is 1. The quantitative estimate of drug-likeness (QED) is 0.120. The van der Waals surface area contributed by atoms with Crippen LogP contribution in [-0.2, 0) is 17.6 Å². The zero-order valence-electron chi connectivity index (χ0n) is 24.2. The Morgan fingerprint density at radius 1 is 1.12 bits per heavy atom. The molecule has 0 bridgehead atoms.